The van der Waals surface area contributed by atoms with Crippen LogP contribution in [-0.2, 0) is 11.2 Å². The number of hydrogen-bond acceptors (Lipinski definition) is 2. The number of halogens is 1. The molecule has 4 heteroatoms. The third kappa shape index (κ3) is 5.33. The van der Waals surface area contributed by atoms with Gasteiger partial charge in [-0.15, -0.1) is 0 Å². The standard InChI is InChI=1S/C13H19BrN2O/c1-13(2,8-15)9-16-12(17)7-10-4-3-5-11(14)6-10/h3-6H,7-9,15H2,1-2H3,(H,16,17). The zero-order chi connectivity index (χ0) is 12.9. The molecule has 0 unspecified atom stereocenters. The maximum atomic E-state index is 11.7. The lowest BCUT2D eigenvalue weighted by Gasteiger charge is -2.22. The van der Waals surface area contributed by atoms with Gasteiger partial charge in [0.1, 0.15) is 0 Å². The number of amides is 1. The van der Waals surface area contributed by atoms with Crippen LogP contribution in [0.15, 0.2) is 28.7 Å². The zero-order valence-corrected chi connectivity index (χ0v) is 11.9. The summed E-state index contributed by atoms with van der Waals surface area (Å²) < 4.78 is 0.991. The largest absolute Gasteiger partial charge is 0.355 e. The van der Waals surface area contributed by atoms with Crippen LogP contribution in [0.25, 0.3) is 0 Å². The quantitative estimate of drug-likeness (QED) is 0.875. The Labute approximate surface area is 111 Å². The van der Waals surface area contributed by atoms with E-state index in [4.69, 9.17) is 5.73 Å². The summed E-state index contributed by atoms with van der Waals surface area (Å²) in [5, 5.41) is 2.91. The average molecular weight is 299 g/mol. The molecule has 0 saturated heterocycles. The van der Waals surface area contributed by atoms with Gasteiger partial charge in [0.15, 0.2) is 0 Å². The molecule has 3 N–H and O–H groups in total. The summed E-state index contributed by atoms with van der Waals surface area (Å²) in [6.45, 7) is 5.24. The van der Waals surface area contributed by atoms with Crippen LogP contribution in [0.5, 0.6) is 0 Å². The van der Waals surface area contributed by atoms with E-state index >= 15 is 0 Å². The number of carbonyl (C=O) groups excluding carboxylic acids is 1. The van der Waals surface area contributed by atoms with Gasteiger partial charge in [0.05, 0.1) is 6.42 Å². The van der Waals surface area contributed by atoms with Crippen LogP contribution in [-0.4, -0.2) is 19.0 Å². The number of hydrogen-bond donors (Lipinski definition) is 2. The van der Waals surface area contributed by atoms with Gasteiger partial charge < -0.3 is 11.1 Å². The molecule has 1 amide bonds. The molecule has 0 fully saturated rings. The molecule has 0 saturated carbocycles. The first kappa shape index (κ1) is 14.2. The Kier molecular flexibility index (Phi) is 5.15. The van der Waals surface area contributed by atoms with Gasteiger partial charge >= 0.3 is 0 Å². The molecule has 0 aliphatic heterocycles. The Bertz CT molecular complexity index is 391. The van der Waals surface area contributed by atoms with Gasteiger partial charge in [-0.3, -0.25) is 4.79 Å². The van der Waals surface area contributed by atoms with Crippen LogP contribution in [0.4, 0.5) is 0 Å². The SMILES string of the molecule is CC(C)(CN)CNC(=O)Cc1cccc(Br)c1. The van der Waals surface area contributed by atoms with E-state index in [0.717, 1.165) is 10.0 Å². The molecule has 0 aliphatic rings. The summed E-state index contributed by atoms with van der Waals surface area (Å²) in [4.78, 5) is 11.7. The maximum absolute atomic E-state index is 11.7. The Morgan fingerprint density at radius 3 is 2.76 bits per heavy atom. The number of benzene rings is 1. The van der Waals surface area contributed by atoms with Crippen molar-refractivity contribution in [2.75, 3.05) is 13.1 Å². The second kappa shape index (κ2) is 6.17. The van der Waals surface area contributed by atoms with Crippen LogP contribution >= 0.6 is 15.9 Å². The molecule has 0 radical (unpaired) electrons. The number of nitrogens with one attached hydrogen (secondary N) is 1. The smallest absolute Gasteiger partial charge is 0.224 e. The van der Waals surface area contributed by atoms with Crippen LogP contribution in [0, 0.1) is 5.41 Å². The predicted molar refractivity (Wildman–Crippen MR) is 73.7 cm³/mol. The molecule has 0 aromatic heterocycles. The first-order valence-corrected chi connectivity index (χ1v) is 6.43. The molecule has 17 heavy (non-hydrogen) atoms. The topological polar surface area (TPSA) is 55.1 Å². The third-order valence-corrected chi connectivity index (χ3v) is 3.06. The van der Waals surface area contributed by atoms with Crippen LogP contribution in [0.2, 0.25) is 0 Å². The van der Waals surface area contributed by atoms with Gasteiger partial charge in [-0.1, -0.05) is 41.9 Å². The molecule has 0 bridgehead atoms. The van der Waals surface area contributed by atoms with Gasteiger partial charge in [-0.25, -0.2) is 0 Å². The highest BCUT2D eigenvalue weighted by atomic mass is 79.9. The van der Waals surface area contributed by atoms with Crippen molar-refractivity contribution in [2.45, 2.75) is 20.3 Å². The number of nitrogens with two attached hydrogens (primary N) is 1. The van der Waals surface area contributed by atoms with Crippen molar-refractivity contribution in [3.05, 3.63) is 34.3 Å². The molecule has 1 rings (SSSR count). The van der Waals surface area contributed by atoms with Gasteiger partial charge in [0, 0.05) is 11.0 Å². The molecule has 0 heterocycles. The average Bonchev–Trinajstić information content (AvgIpc) is 2.27. The van der Waals surface area contributed by atoms with Crippen molar-refractivity contribution in [1.29, 1.82) is 0 Å². The number of carbonyl (C=O) groups is 1. The molecule has 1 aromatic carbocycles. The Morgan fingerprint density at radius 1 is 1.47 bits per heavy atom. The fourth-order valence-electron chi connectivity index (χ4n) is 1.30. The molecule has 94 valence electrons. The van der Waals surface area contributed by atoms with Crippen molar-refractivity contribution in [2.24, 2.45) is 11.1 Å². The van der Waals surface area contributed by atoms with E-state index < -0.39 is 0 Å². The van der Waals surface area contributed by atoms with Gasteiger partial charge in [0.2, 0.25) is 5.91 Å². The highest BCUT2D eigenvalue weighted by Gasteiger charge is 2.16. The summed E-state index contributed by atoms with van der Waals surface area (Å²) in [6.07, 6.45) is 0.403. The van der Waals surface area contributed by atoms with E-state index in [1.165, 1.54) is 0 Å². The van der Waals surface area contributed by atoms with Gasteiger partial charge in [-0.2, -0.15) is 0 Å². The molecular weight excluding hydrogens is 280 g/mol. The lowest BCUT2D eigenvalue weighted by atomic mass is 9.94. The van der Waals surface area contributed by atoms with E-state index in [-0.39, 0.29) is 11.3 Å². The monoisotopic (exact) mass is 298 g/mol. The van der Waals surface area contributed by atoms with Crippen molar-refractivity contribution >= 4 is 21.8 Å². The zero-order valence-electron chi connectivity index (χ0n) is 10.3. The highest BCUT2D eigenvalue weighted by molar-refractivity contribution is 9.10. The second-order valence-corrected chi connectivity index (χ2v) is 5.87. The third-order valence-electron chi connectivity index (χ3n) is 2.57. The first-order chi connectivity index (χ1) is 7.93. The van der Waals surface area contributed by atoms with Gasteiger partial charge in [-0.05, 0) is 29.7 Å². The van der Waals surface area contributed by atoms with Crippen molar-refractivity contribution in [3.8, 4) is 0 Å². The number of rotatable bonds is 5. The fourth-order valence-corrected chi connectivity index (χ4v) is 1.75. The molecule has 3 nitrogen and oxygen atoms in total. The Morgan fingerprint density at radius 2 is 2.18 bits per heavy atom. The minimum absolute atomic E-state index is 0.0321. The molecule has 0 aliphatic carbocycles. The summed E-state index contributed by atoms with van der Waals surface area (Å²) in [6, 6.07) is 7.77. The lowest BCUT2D eigenvalue weighted by Crippen LogP contribution is -2.39. The van der Waals surface area contributed by atoms with Crippen LogP contribution in [0.3, 0.4) is 0 Å². The first-order valence-electron chi connectivity index (χ1n) is 5.64. The molecule has 1 aromatic rings. The Balaban J connectivity index is 2.45. The normalized spacial score (nSPS) is 11.3. The van der Waals surface area contributed by atoms with E-state index in [9.17, 15) is 4.79 Å². The summed E-state index contributed by atoms with van der Waals surface area (Å²) in [7, 11) is 0. The molecular formula is C13H19BrN2O. The van der Waals surface area contributed by atoms with Crippen molar-refractivity contribution < 1.29 is 4.79 Å². The minimum Gasteiger partial charge on any atom is -0.355 e. The highest BCUT2D eigenvalue weighted by Crippen LogP contribution is 2.13. The summed E-state index contributed by atoms with van der Waals surface area (Å²) in [5.41, 5.74) is 6.56. The Hall–Kier alpha value is -0.870. The second-order valence-electron chi connectivity index (χ2n) is 4.95. The molecule has 0 atom stereocenters. The summed E-state index contributed by atoms with van der Waals surface area (Å²) in [5.74, 6) is 0.0321. The lowest BCUT2D eigenvalue weighted by molar-refractivity contribution is -0.120. The van der Waals surface area contributed by atoms with Crippen LogP contribution in [0.1, 0.15) is 19.4 Å². The van der Waals surface area contributed by atoms with Crippen molar-refractivity contribution in [3.63, 3.8) is 0 Å². The molecule has 0 spiro atoms. The van der Waals surface area contributed by atoms with E-state index in [1.807, 2.05) is 38.1 Å². The minimum atomic E-state index is -0.0487. The van der Waals surface area contributed by atoms with Crippen LogP contribution < -0.4 is 11.1 Å². The van der Waals surface area contributed by atoms with Crippen molar-refractivity contribution in [1.82, 2.24) is 5.32 Å². The van der Waals surface area contributed by atoms with E-state index in [0.29, 0.717) is 19.5 Å². The predicted octanol–water partition coefficient (Wildman–Crippen LogP) is 2.09. The maximum Gasteiger partial charge on any atom is 0.224 e. The van der Waals surface area contributed by atoms with E-state index in [1.54, 1.807) is 0 Å². The van der Waals surface area contributed by atoms with E-state index in [2.05, 4.69) is 21.2 Å². The summed E-state index contributed by atoms with van der Waals surface area (Å²) >= 11 is 3.39. The fraction of sp³-hybridized carbons (Fsp3) is 0.462. The van der Waals surface area contributed by atoms with Gasteiger partial charge in [0.25, 0.3) is 0 Å².